The minimum atomic E-state index is -0.762. The molecule has 0 aliphatic heterocycles. The fraction of sp³-hybridized carbons (Fsp3) is 0.176. The van der Waals surface area contributed by atoms with Gasteiger partial charge in [0.2, 0.25) is 0 Å². The Bertz CT molecular complexity index is 766. The molecule has 0 radical (unpaired) electrons. The maximum Gasteiger partial charge on any atom is 0.318 e. The van der Waals surface area contributed by atoms with Gasteiger partial charge in [0.25, 0.3) is 5.91 Å². The first-order chi connectivity index (χ1) is 11.9. The molecule has 132 valence electrons. The van der Waals surface area contributed by atoms with E-state index in [0.717, 1.165) is 0 Å². The topological polar surface area (TPSA) is 79.5 Å². The average Bonchev–Trinajstić information content (AvgIpc) is 2.58. The first-order valence-corrected chi connectivity index (χ1v) is 8.16. The van der Waals surface area contributed by atoms with Crippen molar-refractivity contribution in [1.82, 2.24) is 5.32 Å². The number of urea groups is 1. The molecule has 0 aliphatic carbocycles. The number of hydrogen-bond donors (Lipinski definition) is 3. The molecule has 0 saturated heterocycles. The number of carbonyl (C=O) groups excluding carboxylic acids is 2. The van der Waals surface area contributed by atoms with E-state index in [4.69, 9.17) is 27.9 Å². The maximum atomic E-state index is 12.2. The van der Waals surface area contributed by atoms with E-state index in [2.05, 4.69) is 16.0 Å². The van der Waals surface area contributed by atoms with E-state index in [1.54, 1.807) is 49.4 Å². The highest BCUT2D eigenvalue weighted by atomic mass is 35.5. The molecule has 8 heteroatoms. The molecule has 6 nitrogen and oxygen atoms in total. The van der Waals surface area contributed by atoms with Crippen molar-refractivity contribution in [3.8, 4) is 5.75 Å². The SMILES string of the molecule is CNC(=O)Nc1ccc(NC(=O)C(C)Oc2ccc(Cl)cc2Cl)cc1. The van der Waals surface area contributed by atoms with Gasteiger partial charge in [-0.25, -0.2) is 4.79 Å². The van der Waals surface area contributed by atoms with Crippen molar-refractivity contribution in [2.75, 3.05) is 17.7 Å². The van der Waals surface area contributed by atoms with Crippen molar-refractivity contribution in [2.24, 2.45) is 0 Å². The normalized spacial score (nSPS) is 11.4. The van der Waals surface area contributed by atoms with Gasteiger partial charge in [-0.1, -0.05) is 23.2 Å². The first-order valence-electron chi connectivity index (χ1n) is 7.40. The predicted molar refractivity (Wildman–Crippen MR) is 99.7 cm³/mol. The van der Waals surface area contributed by atoms with Crippen LogP contribution in [0.2, 0.25) is 10.0 Å². The Morgan fingerprint density at radius 2 is 1.60 bits per heavy atom. The monoisotopic (exact) mass is 381 g/mol. The third-order valence-corrected chi connectivity index (χ3v) is 3.73. The van der Waals surface area contributed by atoms with E-state index < -0.39 is 6.10 Å². The molecule has 2 aromatic rings. The fourth-order valence-corrected chi connectivity index (χ4v) is 2.34. The summed E-state index contributed by atoms with van der Waals surface area (Å²) >= 11 is 11.9. The van der Waals surface area contributed by atoms with E-state index in [0.29, 0.717) is 27.2 Å². The number of hydrogen-bond acceptors (Lipinski definition) is 3. The van der Waals surface area contributed by atoms with Gasteiger partial charge in [-0.05, 0) is 49.4 Å². The molecule has 0 heterocycles. The average molecular weight is 382 g/mol. The van der Waals surface area contributed by atoms with Crippen LogP contribution in [0.1, 0.15) is 6.92 Å². The number of amides is 3. The molecule has 2 aromatic carbocycles. The van der Waals surface area contributed by atoms with Crippen LogP contribution in [0.3, 0.4) is 0 Å². The lowest BCUT2D eigenvalue weighted by Crippen LogP contribution is -2.30. The summed E-state index contributed by atoms with van der Waals surface area (Å²) in [5, 5.41) is 8.62. The van der Waals surface area contributed by atoms with E-state index in [1.165, 1.54) is 7.05 Å². The summed E-state index contributed by atoms with van der Waals surface area (Å²) in [6.07, 6.45) is -0.762. The van der Waals surface area contributed by atoms with Gasteiger partial charge < -0.3 is 20.7 Å². The van der Waals surface area contributed by atoms with Crippen LogP contribution in [0.15, 0.2) is 42.5 Å². The van der Waals surface area contributed by atoms with Crippen LogP contribution < -0.4 is 20.7 Å². The lowest BCUT2D eigenvalue weighted by Gasteiger charge is -2.16. The van der Waals surface area contributed by atoms with Gasteiger partial charge in [-0.2, -0.15) is 0 Å². The zero-order valence-electron chi connectivity index (χ0n) is 13.6. The summed E-state index contributed by atoms with van der Waals surface area (Å²) in [6.45, 7) is 1.61. The number of anilines is 2. The molecule has 1 atom stereocenters. The predicted octanol–water partition coefficient (Wildman–Crippen LogP) is 4.15. The summed E-state index contributed by atoms with van der Waals surface area (Å²) < 4.78 is 5.56. The Kier molecular flexibility index (Phi) is 6.50. The molecule has 0 fully saturated rings. The molecule has 0 spiro atoms. The van der Waals surface area contributed by atoms with Crippen molar-refractivity contribution >= 4 is 46.5 Å². The number of ether oxygens (including phenoxy) is 1. The number of nitrogens with one attached hydrogen (secondary N) is 3. The molecule has 3 amide bonds. The highest BCUT2D eigenvalue weighted by Crippen LogP contribution is 2.28. The largest absolute Gasteiger partial charge is 0.479 e. The van der Waals surface area contributed by atoms with Crippen LogP contribution in [-0.2, 0) is 4.79 Å². The van der Waals surface area contributed by atoms with Crippen LogP contribution in [0, 0.1) is 0 Å². The van der Waals surface area contributed by atoms with Gasteiger partial charge in [0, 0.05) is 23.4 Å². The minimum Gasteiger partial charge on any atom is -0.479 e. The van der Waals surface area contributed by atoms with Gasteiger partial charge in [-0.3, -0.25) is 4.79 Å². The highest BCUT2D eigenvalue weighted by Gasteiger charge is 2.16. The van der Waals surface area contributed by atoms with Gasteiger partial charge in [0.05, 0.1) is 5.02 Å². The zero-order chi connectivity index (χ0) is 18.4. The quantitative estimate of drug-likeness (QED) is 0.727. The van der Waals surface area contributed by atoms with E-state index in [-0.39, 0.29) is 11.9 Å². The van der Waals surface area contributed by atoms with Crippen LogP contribution in [0.5, 0.6) is 5.75 Å². The molecule has 3 N–H and O–H groups in total. The molecular formula is C17H17Cl2N3O3. The minimum absolute atomic E-state index is 0.321. The Morgan fingerprint density at radius 3 is 2.16 bits per heavy atom. The van der Waals surface area contributed by atoms with Crippen molar-refractivity contribution in [1.29, 1.82) is 0 Å². The standard InChI is InChI=1S/C17H17Cl2N3O3/c1-10(25-15-8-3-11(18)9-14(15)19)16(23)21-12-4-6-13(7-5-12)22-17(24)20-2/h3-10H,1-2H3,(H,21,23)(H2,20,22,24). The summed E-state index contributed by atoms with van der Waals surface area (Å²) in [4.78, 5) is 23.4. The summed E-state index contributed by atoms with van der Waals surface area (Å²) in [7, 11) is 1.53. The lowest BCUT2D eigenvalue weighted by molar-refractivity contribution is -0.122. The Labute approximate surface area is 155 Å². The number of benzene rings is 2. The van der Waals surface area contributed by atoms with Crippen LogP contribution in [-0.4, -0.2) is 25.1 Å². The number of halogens is 2. The van der Waals surface area contributed by atoms with Crippen molar-refractivity contribution in [3.63, 3.8) is 0 Å². The Morgan fingerprint density at radius 1 is 1.00 bits per heavy atom. The molecule has 0 aromatic heterocycles. The Hall–Kier alpha value is -2.44. The van der Waals surface area contributed by atoms with Crippen molar-refractivity contribution in [2.45, 2.75) is 13.0 Å². The van der Waals surface area contributed by atoms with Crippen LogP contribution in [0.4, 0.5) is 16.2 Å². The van der Waals surface area contributed by atoms with Crippen molar-refractivity contribution < 1.29 is 14.3 Å². The summed E-state index contributed by atoms with van der Waals surface area (Å²) in [5.41, 5.74) is 1.18. The van der Waals surface area contributed by atoms with Gasteiger partial charge in [0.1, 0.15) is 5.75 Å². The third-order valence-electron chi connectivity index (χ3n) is 3.20. The molecule has 25 heavy (non-hydrogen) atoms. The molecule has 0 aliphatic rings. The van der Waals surface area contributed by atoms with Crippen molar-refractivity contribution in [3.05, 3.63) is 52.5 Å². The second kappa shape index (κ2) is 8.60. The summed E-state index contributed by atoms with van der Waals surface area (Å²) in [5.74, 6) is 0.0388. The summed E-state index contributed by atoms with van der Waals surface area (Å²) in [6, 6.07) is 11.1. The van der Waals surface area contributed by atoms with Gasteiger partial charge >= 0.3 is 6.03 Å². The Balaban J connectivity index is 1.95. The fourth-order valence-electron chi connectivity index (χ4n) is 1.89. The van der Waals surface area contributed by atoms with E-state index >= 15 is 0 Å². The smallest absolute Gasteiger partial charge is 0.318 e. The second-order valence-electron chi connectivity index (χ2n) is 5.11. The molecule has 2 rings (SSSR count). The molecular weight excluding hydrogens is 365 g/mol. The maximum absolute atomic E-state index is 12.2. The first kappa shape index (κ1) is 18.9. The molecule has 0 saturated carbocycles. The van der Waals surface area contributed by atoms with Crippen LogP contribution in [0.25, 0.3) is 0 Å². The van der Waals surface area contributed by atoms with Crippen LogP contribution >= 0.6 is 23.2 Å². The zero-order valence-corrected chi connectivity index (χ0v) is 15.1. The molecule has 1 unspecified atom stereocenters. The van der Waals surface area contributed by atoms with E-state index in [1.807, 2.05) is 0 Å². The van der Waals surface area contributed by atoms with Gasteiger partial charge in [-0.15, -0.1) is 0 Å². The van der Waals surface area contributed by atoms with Gasteiger partial charge in [0.15, 0.2) is 6.10 Å². The number of carbonyl (C=O) groups is 2. The number of rotatable bonds is 5. The highest BCUT2D eigenvalue weighted by molar-refractivity contribution is 6.35. The van der Waals surface area contributed by atoms with E-state index in [9.17, 15) is 9.59 Å². The third kappa shape index (κ3) is 5.55. The second-order valence-corrected chi connectivity index (χ2v) is 5.95. The lowest BCUT2D eigenvalue weighted by atomic mass is 10.2. The molecule has 0 bridgehead atoms.